The van der Waals surface area contributed by atoms with Gasteiger partial charge in [0.15, 0.2) is 0 Å². The van der Waals surface area contributed by atoms with Crippen molar-refractivity contribution in [2.75, 3.05) is 5.32 Å². The van der Waals surface area contributed by atoms with Crippen LogP contribution in [0.15, 0.2) is 47.2 Å². The highest BCUT2D eigenvalue weighted by atomic mass is 32.1. The maximum Gasteiger partial charge on any atom is 0.248 e. The van der Waals surface area contributed by atoms with Gasteiger partial charge in [0.2, 0.25) is 5.91 Å². The lowest BCUT2D eigenvalue weighted by Crippen LogP contribution is -2.07. The highest BCUT2D eigenvalue weighted by Crippen LogP contribution is 2.15. The van der Waals surface area contributed by atoms with Gasteiger partial charge >= 0.3 is 0 Å². The summed E-state index contributed by atoms with van der Waals surface area (Å²) in [6.07, 6.45) is 3.21. The second-order valence-corrected chi connectivity index (χ2v) is 4.21. The van der Waals surface area contributed by atoms with Crippen molar-refractivity contribution in [3.63, 3.8) is 0 Å². The van der Waals surface area contributed by atoms with Crippen molar-refractivity contribution in [2.24, 2.45) is 0 Å². The first-order valence-electron chi connectivity index (χ1n) is 5.04. The minimum absolute atomic E-state index is 0.129. The molecule has 0 radical (unpaired) electrons. The summed E-state index contributed by atoms with van der Waals surface area (Å²) in [5.41, 5.74) is 1.58. The zero-order chi connectivity index (χ0) is 12.1. The number of benzene rings is 1. The molecule has 0 bridgehead atoms. The summed E-state index contributed by atoms with van der Waals surface area (Å²) in [7, 11) is 0. The third kappa shape index (κ3) is 3.46. The van der Waals surface area contributed by atoms with E-state index in [1.165, 1.54) is 12.1 Å². The summed E-state index contributed by atoms with van der Waals surface area (Å²) < 4.78 is 0. The minimum atomic E-state index is -0.221. The molecule has 0 unspecified atom stereocenters. The Morgan fingerprint density at radius 2 is 2.24 bits per heavy atom. The lowest BCUT2D eigenvalue weighted by Gasteiger charge is -2.01. The molecule has 0 atom stereocenters. The Labute approximate surface area is 103 Å². The van der Waals surface area contributed by atoms with E-state index in [0.29, 0.717) is 5.69 Å². The number of phenolic OH excluding ortho intramolecular Hbond substituents is 1. The third-order valence-corrected chi connectivity index (χ3v) is 2.79. The topological polar surface area (TPSA) is 49.3 Å². The maximum atomic E-state index is 11.5. The number of rotatable bonds is 3. The zero-order valence-electron chi connectivity index (χ0n) is 8.96. The number of hydrogen-bond acceptors (Lipinski definition) is 3. The van der Waals surface area contributed by atoms with E-state index in [9.17, 15) is 9.90 Å². The van der Waals surface area contributed by atoms with E-state index in [2.05, 4.69) is 5.32 Å². The van der Waals surface area contributed by atoms with Crippen LogP contribution < -0.4 is 5.32 Å². The SMILES string of the molecule is O=C(/C=C/c1ccsc1)Nc1cccc(O)c1. The smallest absolute Gasteiger partial charge is 0.248 e. The number of carbonyl (C=O) groups is 1. The summed E-state index contributed by atoms with van der Waals surface area (Å²) in [4.78, 5) is 11.5. The van der Waals surface area contributed by atoms with Crippen LogP contribution in [0.2, 0.25) is 0 Å². The molecule has 0 fully saturated rings. The van der Waals surface area contributed by atoms with Crippen LogP contribution >= 0.6 is 11.3 Å². The molecular formula is C13H11NO2S. The van der Waals surface area contributed by atoms with Crippen LogP contribution in [0.1, 0.15) is 5.56 Å². The van der Waals surface area contributed by atoms with Crippen LogP contribution in [0.25, 0.3) is 6.08 Å². The molecule has 2 aromatic rings. The first kappa shape index (κ1) is 11.4. The Hall–Kier alpha value is -2.07. The van der Waals surface area contributed by atoms with Gasteiger partial charge in [0.1, 0.15) is 5.75 Å². The second kappa shape index (κ2) is 5.32. The molecule has 1 amide bonds. The molecule has 17 heavy (non-hydrogen) atoms. The Morgan fingerprint density at radius 1 is 1.35 bits per heavy atom. The predicted molar refractivity (Wildman–Crippen MR) is 70.1 cm³/mol. The molecule has 4 heteroatoms. The fourth-order valence-corrected chi connectivity index (χ4v) is 1.94. The molecular weight excluding hydrogens is 234 g/mol. The van der Waals surface area contributed by atoms with Crippen LogP contribution in [0.4, 0.5) is 5.69 Å². The van der Waals surface area contributed by atoms with Crippen LogP contribution in [0.3, 0.4) is 0 Å². The van der Waals surface area contributed by atoms with Crippen molar-refractivity contribution < 1.29 is 9.90 Å². The standard InChI is InChI=1S/C13H11NO2S/c15-12-3-1-2-11(8-12)14-13(16)5-4-10-6-7-17-9-10/h1-9,15H,(H,14,16)/b5-4+. The zero-order valence-corrected chi connectivity index (χ0v) is 9.78. The van der Waals surface area contributed by atoms with Gasteiger partial charge in [-0.15, -0.1) is 0 Å². The molecule has 0 saturated heterocycles. The van der Waals surface area contributed by atoms with E-state index in [1.807, 2.05) is 16.8 Å². The molecule has 0 aliphatic rings. The van der Waals surface area contributed by atoms with E-state index in [4.69, 9.17) is 0 Å². The molecule has 2 N–H and O–H groups in total. The summed E-state index contributed by atoms with van der Waals surface area (Å²) >= 11 is 1.58. The van der Waals surface area contributed by atoms with Gasteiger partial charge in [-0.25, -0.2) is 0 Å². The van der Waals surface area contributed by atoms with Crippen LogP contribution in [-0.4, -0.2) is 11.0 Å². The largest absolute Gasteiger partial charge is 0.508 e. The van der Waals surface area contributed by atoms with Crippen LogP contribution in [-0.2, 0) is 4.79 Å². The normalized spacial score (nSPS) is 10.6. The van der Waals surface area contributed by atoms with Crippen molar-refractivity contribution in [3.8, 4) is 5.75 Å². The van der Waals surface area contributed by atoms with Gasteiger partial charge in [0.05, 0.1) is 0 Å². The lowest BCUT2D eigenvalue weighted by atomic mass is 10.3. The number of phenols is 1. The van der Waals surface area contributed by atoms with E-state index in [-0.39, 0.29) is 11.7 Å². The van der Waals surface area contributed by atoms with Gasteiger partial charge in [-0.05, 0) is 40.6 Å². The molecule has 1 aromatic carbocycles. The monoisotopic (exact) mass is 245 g/mol. The number of amides is 1. The Balaban J connectivity index is 1.98. The molecule has 0 spiro atoms. The molecule has 3 nitrogen and oxygen atoms in total. The number of anilines is 1. The molecule has 0 aliphatic carbocycles. The van der Waals surface area contributed by atoms with E-state index < -0.39 is 0 Å². The van der Waals surface area contributed by atoms with Gasteiger partial charge in [0, 0.05) is 17.8 Å². The van der Waals surface area contributed by atoms with Gasteiger partial charge in [-0.2, -0.15) is 11.3 Å². The Kier molecular flexibility index (Phi) is 3.57. The van der Waals surface area contributed by atoms with Gasteiger partial charge < -0.3 is 10.4 Å². The summed E-state index contributed by atoms with van der Waals surface area (Å²) in [5, 5.41) is 15.8. The molecule has 1 heterocycles. The summed E-state index contributed by atoms with van der Waals surface area (Å²) in [5.74, 6) is -0.0913. The lowest BCUT2D eigenvalue weighted by molar-refractivity contribution is -0.111. The highest BCUT2D eigenvalue weighted by Gasteiger charge is 1.98. The van der Waals surface area contributed by atoms with Crippen LogP contribution in [0, 0.1) is 0 Å². The first-order valence-corrected chi connectivity index (χ1v) is 5.98. The molecule has 1 aromatic heterocycles. The van der Waals surface area contributed by atoms with Gasteiger partial charge in [0.25, 0.3) is 0 Å². The predicted octanol–water partition coefficient (Wildman–Crippen LogP) is 3.11. The molecule has 0 aliphatic heterocycles. The average molecular weight is 245 g/mol. The number of nitrogens with one attached hydrogen (secondary N) is 1. The van der Waals surface area contributed by atoms with E-state index >= 15 is 0 Å². The van der Waals surface area contributed by atoms with Crippen molar-refractivity contribution in [1.82, 2.24) is 0 Å². The number of aromatic hydroxyl groups is 1. The average Bonchev–Trinajstić information content (AvgIpc) is 2.79. The Morgan fingerprint density at radius 3 is 2.94 bits per heavy atom. The fourth-order valence-electron chi connectivity index (χ4n) is 1.31. The van der Waals surface area contributed by atoms with Crippen LogP contribution in [0.5, 0.6) is 5.75 Å². The summed E-state index contributed by atoms with van der Waals surface area (Å²) in [6.45, 7) is 0. The number of thiophene rings is 1. The van der Waals surface area contributed by atoms with Crippen molar-refractivity contribution in [2.45, 2.75) is 0 Å². The van der Waals surface area contributed by atoms with Gasteiger partial charge in [-0.3, -0.25) is 4.79 Å². The van der Waals surface area contributed by atoms with Crippen molar-refractivity contribution in [3.05, 3.63) is 52.7 Å². The third-order valence-electron chi connectivity index (χ3n) is 2.08. The maximum absolute atomic E-state index is 11.5. The minimum Gasteiger partial charge on any atom is -0.508 e. The number of hydrogen-bond donors (Lipinski definition) is 2. The van der Waals surface area contributed by atoms with E-state index in [0.717, 1.165) is 5.56 Å². The highest BCUT2D eigenvalue weighted by molar-refractivity contribution is 7.08. The quantitative estimate of drug-likeness (QED) is 0.816. The molecule has 0 saturated carbocycles. The second-order valence-electron chi connectivity index (χ2n) is 3.43. The van der Waals surface area contributed by atoms with E-state index in [1.54, 1.807) is 35.6 Å². The fraction of sp³-hybridized carbons (Fsp3) is 0. The van der Waals surface area contributed by atoms with Crippen molar-refractivity contribution in [1.29, 1.82) is 0 Å². The first-order chi connectivity index (χ1) is 8.24. The molecule has 86 valence electrons. The molecule has 2 rings (SSSR count). The van der Waals surface area contributed by atoms with Crippen molar-refractivity contribution >= 4 is 29.0 Å². The Bertz CT molecular complexity index is 532. The number of carbonyl (C=O) groups excluding carboxylic acids is 1. The summed E-state index contributed by atoms with van der Waals surface area (Å²) in [6, 6.07) is 8.37. The van der Waals surface area contributed by atoms with Gasteiger partial charge in [-0.1, -0.05) is 6.07 Å².